The van der Waals surface area contributed by atoms with Gasteiger partial charge in [-0.1, -0.05) is 13.8 Å². The quantitative estimate of drug-likeness (QED) is 0.836. The number of halogens is 2. The van der Waals surface area contributed by atoms with E-state index in [-0.39, 0.29) is 42.9 Å². The molecule has 2 rings (SSSR count). The molecule has 1 amide bonds. The van der Waals surface area contributed by atoms with Gasteiger partial charge in [0.15, 0.2) is 0 Å². The molecule has 3 unspecified atom stereocenters. The van der Waals surface area contributed by atoms with Gasteiger partial charge in [-0.25, -0.2) is 0 Å². The van der Waals surface area contributed by atoms with Crippen molar-refractivity contribution in [2.75, 3.05) is 39.3 Å². The highest BCUT2D eigenvalue weighted by Crippen LogP contribution is 2.23. The van der Waals surface area contributed by atoms with Gasteiger partial charge in [-0.2, -0.15) is 0 Å². The number of morpholine rings is 1. The Bertz CT molecular complexity index is 321. The molecule has 0 aliphatic carbocycles. The molecule has 2 aliphatic rings. The summed E-state index contributed by atoms with van der Waals surface area (Å²) in [5, 5.41) is 0. The molecule has 3 atom stereocenters. The summed E-state index contributed by atoms with van der Waals surface area (Å²) in [6.45, 7) is 9.02. The van der Waals surface area contributed by atoms with Crippen molar-refractivity contribution in [2.45, 2.75) is 38.8 Å². The van der Waals surface area contributed by atoms with Gasteiger partial charge >= 0.3 is 0 Å². The number of hydrogen-bond donors (Lipinski definition) is 1. The van der Waals surface area contributed by atoms with Crippen LogP contribution in [0, 0.1) is 5.92 Å². The van der Waals surface area contributed by atoms with Crippen molar-refractivity contribution in [3.8, 4) is 0 Å². The SMILES string of the molecule is CCN1CCOC(C(=O)N2CCC(C)CC2CN)C1.Cl.Cl. The van der Waals surface area contributed by atoms with Gasteiger partial charge in [-0.3, -0.25) is 9.69 Å². The van der Waals surface area contributed by atoms with E-state index in [1.54, 1.807) is 0 Å². The van der Waals surface area contributed by atoms with Gasteiger partial charge in [0.05, 0.1) is 6.61 Å². The molecule has 0 bridgehead atoms. The molecule has 0 spiro atoms. The molecule has 0 aromatic heterocycles. The third-order valence-corrected chi connectivity index (χ3v) is 4.41. The van der Waals surface area contributed by atoms with Crippen LogP contribution < -0.4 is 5.73 Å². The first-order valence-corrected chi connectivity index (χ1v) is 7.50. The molecule has 0 radical (unpaired) electrons. The molecule has 2 saturated heterocycles. The summed E-state index contributed by atoms with van der Waals surface area (Å²) in [7, 11) is 0. The number of carbonyl (C=O) groups is 1. The van der Waals surface area contributed by atoms with Crippen LogP contribution in [0.5, 0.6) is 0 Å². The number of rotatable bonds is 3. The third kappa shape index (κ3) is 5.25. The van der Waals surface area contributed by atoms with E-state index in [1.807, 2.05) is 4.90 Å². The lowest BCUT2D eigenvalue weighted by atomic mass is 9.92. The minimum absolute atomic E-state index is 0. The van der Waals surface area contributed by atoms with Gasteiger partial charge in [-0.15, -0.1) is 24.8 Å². The average molecular weight is 342 g/mol. The first-order valence-electron chi connectivity index (χ1n) is 7.50. The van der Waals surface area contributed by atoms with Crippen LogP contribution in [0.25, 0.3) is 0 Å². The van der Waals surface area contributed by atoms with Crippen molar-refractivity contribution in [3.63, 3.8) is 0 Å². The first-order chi connectivity index (χ1) is 9.15. The normalized spacial score (nSPS) is 30.2. The predicted molar refractivity (Wildman–Crippen MR) is 89.3 cm³/mol. The van der Waals surface area contributed by atoms with Crippen molar-refractivity contribution in [1.82, 2.24) is 9.80 Å². The zero-order chi connectivity index (χ0) is 13.8. The van der Waals surface area contributed by atoms with E-state index < -0.39 is 0 Å². The summed E-state index contributed by atoms with van der Waals surface area (Å²) in [6.07, 6.45) is 1.80. The fourth-order valence-electron chi connectivity index (χ4n) is 3.09. The Balaban J connectivity index is 0.00000200. The summed E-state index contributed by atoms with van der Waals surface area (Å²) in [4.78, 5) is 16.8. The third-order valence-electron chi connectivity index (χ3n) is 4.41. The van der Waals surface area contributed by atoms with Crippen molar-refractivity contribution in [2.24, 2.45) is 11.7 Å². The van der Waals surface area contributed by atoms with E-state index in [1.165, 1.54) is 0 Å². The highest BCUT2D eigenvalue weighted by atomic mass is 35.5. The summed E-state index contributed by atoms with van der Waals surface area (Å²) >= 11 is 0. The van der Waals surface area contributed by atoms with Crippen LogP contribution in [-0.4, -0.2) is 67.2 Å². The van der Waals surface area contributed by atoms with E-state index in [0.717, 1.165) is 39.0 Å². The molecule has 2 fully saturated rings. The molecule has 2 heterocycles. The van der Waals surface area contributed by atoms with E-state index in [0.29, 0.717) is 19.1 Å². The van der Waals surface area contributed by atoms with E-state index in [2.05, 4.69) is 18.7 Å². The standard InChI is InChI=1S/C14H27N3O2.2ClH/c1-3-16-6-7-19-13(10-16)14(18)17-5-4-11(2)8-12(17)9-15;;/h11-13H,3-10,15H2,1-2H3;2*1H. The van der Waals surface area contributed by atoms with E-state index in [9.17, 15) is 4.79 Å². The van der Waals surface area contributed by atoms with Crippen LogP contribution in [0.3, 0.4) is 0 Å². The van der Waals surface area contributed by atoms with Crippen LogP contribution in [0.15, 0.2) is 0 Å². The monoisotopic (exact) mass is 341 g/mol. The molecule has 21 heavy (non-hydrogen) atoms. The number of amides is 1. The van der Waals surface area contributed by atoms with Gasteiger partial charge in [0.1, 0.15) is 6.10 Å². The minimum atomic E-state index is -0.295. The maximum absolute atomic E-state index is 12.6. The Morgan fingerprint density at radius 2 is 2.05 bits per heavy atom. The predicted octanol–water partition coefficient (Wildman–Crippen LogP) is 1.14. The lowest BCUT2D eigenvalue weighted by Crippen LogP contribution is -2.56. The number of carbonyl (C=O) groups excluding carboxylic acids is 1. The largest absolute Gasteiger partial charge is 0.366 e. The van der Waals surface area contributed by atoms with Crippen molar-refractivity contribution < 1.29 is 9.53 Å². The lowest BCUT2D eigenvalue weighted by Gasteiger charge is -2.41. The average Bonchev–Trinajstić information content (AvgIpc) is 2.46. The van der Waals surface area contributed by atoms with Gasteiger partial charge < -0.3 is 15.4 Å². The van der Waals surface area contributed by atoms with Crippen molar-refractivity contribution in [3.05, 3.63) is 0 Å². The Kier molecular flexibility index (Phi) is 9.81. The highest BCUT2D eigenvalue weighted by Gasteiger charge is 2.35. The second-order valence-electron chi connectivity index (χ2n) is 5.80. The molecule has 0 saturated carbocycles. The van der Waals surface area contributed by atoms with Crippen LogP contribution in [0.2, 0.25) is 0 Å². The Hall–Kier alpha value is -0.0700. The second kappa shape index (κ2) is 9.85. The topological polar surface area (TPSA) is 58.8 Å². The highest BCUT2D eigenvalue weighted by molar-refractivity contribution is 5.85. The fourth-order valence-corrected chi connectivity index (χ4v) is 3.09. The van der Waals surface area contributed by atoms with Gasteiger partial charge in [0.2, 0.25) is 0 Å². The molecule has 2 aliphatic heterocycles. The number of piperidine rings is 1. The fraction of sp³-hybridized carbons (Fsp3) is 0.929. The van der Waals surface area contributed by atoms with Crippen LogP contribution >= 0.6 is 24.8 Å². The molecule has 7 heteroatoms. The molecule has 0 aromatic rings. The summed E-state index contributed by atoms with van der Waals surface area (Å²) in [5.41, 5.74) is 5.83. The molecule has 126 valence electrons. The van der Waals surface area contributed by atoms with Crippen LogP contribution in [0.1, 0.15) is 26.7 Å². The van der Waals surface area contributed by atoms with Crippen LogP contribution in [0.4, 0.5) is 0 Å². The number of likely N-dealkylation sites (N-methyl/N-ethyl adjacent to an activating group) is 1. The van der Waals surface area contributed by atoms with Crippen molar-refractivity contribution >= 4 is 30.7 Å². The summed E-state index contributed by atoms with van der Waals surface area (Å²) < 4.78 is 5.67. The van der Waals surface area contributed by atoms with Gasteiger partial charge in [0.25, 0.3) is 5.91 Å². The molecule has 0 aromatic carbocycles. The Labute approximate surface area is 140 Å². The smallest absolute Gasteiger partial charge is 0.253 e. The maximum Gasteiger partial charge on any atom is 0.253 e. The molecule has 5 nitrogen and oxygen atoms in total. The number of hydrogen-bond acceptors (Lipinski definition) is 4. The molecular formula is C14H29Cl2N3O2. The van der Waals surface area contributed by atoms with Gasteiger partial charge in [-0.05, 0) is 25.3 Å². The molecular weight excluding hydrogens is 313 g/mol. The minimum Gasteiger partial charge on any atom is -0.366 e. The van der Waals surface area contributed by atoms with Gasteiger partial charge in [0, 0.05) is 32.2 Å². The van der Waals surface area contributed by atoms with E-state index in [4.69, 9.17) is 10.5 Å². The van der Waals surface area contributed by atoms with E-state index >= 15 is 0 Å². The summed E-state index contributed by atoms with van der Waals surface area (Å²) in [5.74, 6) is 0.803. The number of nitrogens with zero attached hydrogens (tertiary/aromatic N) is 2. The lowest BCUT2D eigenvalue weighted by molar-refractivity contribution is -0.153. The number of likely N-dealkylation sites (tertiary alicyclic amines) is 1. The summed E-state index contributed by atoms with van der Waals surface area (Å²) in [6, 6.07) is 0.192. The second-order valence-corrected chi connectivity index (χ2v) is 5.80. The molecule has 2 N–H and O–H groups in total. The number of nitrogens with two attached hydrogens (primary N) is 1. The zero-order valence-electron chi connectivity index (χ0n) is 13.0. The number of ether oxygens (including phenoxy) is 1. The maximum atomic E-state index is 12.6. The van der Waals surface area contributed by atoms with Crippen molar-refractivity contribution in [1.29, 1.82) is 0 Å². The zero-order valence-corrected chi connectivity index (χ0v) is 14.6. The van der Waals surface area contributed by atoms with Crippen LogP contribution in [-0.2, 0) is 9.53 Å². The Morgan fingerprint density at radius 3 is 2.67 bits per heavy atom. The first kappa shape index (κ1) is 20.9. The Morgan fingerprint density at radius 1 is 1.33 bits per heavy atom.